The summed E-state index contributed by atoms with van der Waals surface area (Å²) in [6.45, 7) is 0.313. The van der Waals surface area contributed by atoms with Gasteiger partial charge in [-0.25, -0.2) is 4.79 Å². The first-order valence-electron chi connectivity index (χ1n) is 6.60. The Morgan fingerprint density at radius 1 is 1.32 bits per heavy atom. The van der Waals surface area contributed by atoms with Gasteiger partial charge in [-0.15, -0.1) is 0 Å². The van der Waals surface area contributed by atoms with Crippen LogP contribution in [0.5, 0.6) is 0 Å². The molecule has 8 heteroatoms. The quantitative estimate of drug-likeness (QED) is 0.649. The van der Waals surface area contributed by atoms with Crippen molar-refractivity contribution < 1.29 is 4.79 Å². The van der Waals surface area contributed by atoms with Gasteiger partial charge in [0.1, 0.15) is 5.69 Å². The van der Waals surface area contributed by atoms with Crippen LogP contribution in [0.1, 0.15) is 16.1 Å². The summed E-state index contributed by atoms with van der Waals surface area (Å²) < 4.78 is 1.71. The van der Waals surface area contributed by atoms with Crippen molar-refractivity contribution in [3.05, 3.63) is 58.8 Å². The third-order valence-electron chi connectivity index (χ3n) is 3.13. The molecule has 1 amide bonds. The van der Waals surface area contributed by atoms with E-state index in [9.17, 15) is 9.59 Å². The number of carbonyl (C=O) groups is 1. The number of hydrogen-bond acceptors (Lipinski definition) is 4. The van der Waals surface area contributed by atoms with Gasteiger partial charge in [0.15, 0.2) is 0 Å². The molecule has 3 aromatic heterocycles. The summed E-state index contributed by atoms with van der Waals surface area (Å²) in [5.74, 6) is -0.356. The lowest BCUT2D eigenvalue weighted by molar-refractivity contribution is 0.0946. The first kappa shape index (κ1) is 13.8. The molecule has 3 heterocycles. The molecule has 3 aromatic rings. The minimum absolute atomic E-state index is 0.196. The van der Waals surface area contributed by atoms with E-state index in [1.54, 1.807) is 23.3 Å². The van der Waals surface area contributed by atoms with Crippen LogP contribution in [0.25, 0.3) is 11.1 Å². The Morgan fingerprint density at radius 3 is 2.86 bits per heavy atom. The molecule has 0 aliphatic carbocycles. The number of aromatic amines is 2. The van der Waals surface area contributed by atoms with E-state index in [4.69, 9.17) is 0 Å². The lowest BCUT2D eigenvalue weighted by Gasteiger charge is -2.05. The molecule has 0 aliphatic rings. The number of hydrogen-bond donors (Lipinski definition) is 3. The molecule has 0 bridgehead atoms. The van der Waals surface area contributed by atoms with Crippen molar-refractivity contribution in [3.8, 4) is 11.1 Å². The zero-order valence-corrected chi connectivity index (χ0v) is 11.8. The van der Waals surface area contributed by atoms with E-state index in [2.05, 4.69) is 25.4 Å². The molecule has 8 nitrogen and oxygen atoms in total. The third kappa shape index (κ3) is 2.95. The summed E-state index contributed by atoms with van der Waals surface area (Å²) in [7, 11) is 1.85. The highest BCUT2D eigenvalue weighted by molar-refractivity contribution is 5.91. The SMILES string of the molecule is Cn1cc(-c2cncc(CNC(=O)c3c[nH]c(=O)[nH]3)c2)cn1. The fourth-order valence-corrected chi connectivity index (χ4v) is 2.04. The van der Waals surface area contributed by atoms with Crippen LogP contribution in [0.2, 0.25) is 0 Å². The first-order valence-corrected chi connectivity index (χ1v) is 6.60. The summed E-state index contributed by atoms with van der Waals surface area (Å²) in [5.41, 5.74) is 2.52. The molecule has 22 heavy (non-hydrogen) atoms. The van der Waals surface area contributed by atoms with Gasteiger partial charge in [0.25, 0.3) is 5.91 Å². The molecule has 3 rings (SSSR count). The number of nitrogens with zero attached hydrogens (tertiary/aromatic N) is 3. The zero-order valence-electron chi connectivity index (χ0n) is 11.8. The molecule has 0 radical (unpaired) electrons. The van der Waals surface area contributed by atoms with Crippen LogP contribution >= 0.6 is 0 Å². The predicted octanol–water partition coefficient (Wildman–Crippen LogP) is 0.428. The van der Waals surface area contributed by atoms with E-state index in [-0.39, 0.29) is 11.6 Å². The number of amides is 1. The second-order valence-corrected chi connectivity index (χ2v) is 4.82. The molecule has 0 saturated carbocycles. The Bertz CT molecular complexity index is 860. The number of pyridine rings is 1. The number of aromatic nitrogens is 5. The van der Waals surface area contributed by atoms with Gasteiger partial charge in [-0.2, -0.15) is 5.10 Å². The first-order chi connectivity index (χ1) is 10.6. The molecule has 0 fully saturated rings. The van der Waals surface area contributed by atoms with Crippen molar-refractivity contribution in [3.63, 3.8) is 0 Å². The summed E-state index contributed by atoms with van der Waals surface area (Å²) >= 11 is 0. The van der Waals surface area contributed by atoms with Crippen LogP contribution < -0.4 is 11.0 Å². The molecule has 0 aliphatic heterocycles. The number of aryl methyl sites for hydroxylation is 1. The summed E-state index contributed by atoms with van der Waals surface area (Å²) in [5, 5.41) is 6.84. The summed E-state index contributed by atoms with van der Waals surface area (Å²) in [6.07, 6.45) is 8.40. The highest BCUT2D eigenvalue weighted by Gasteiger charge is 2.08. The van der Waals surface area contributed by atoms with E-state index >= 15 is 0 Å². The number of carbonyl (C=O) groups excluding carboxylic acids is 1. The molecular weight excluding hydrogens is 284 g/mol. The number of rotatable bonds is 4. The van der Waals surface area contributed by atoms with Crippen LogP contribution in [0, 0.1) is 0 Å². The van der Waals surface area contributed by atoms with Gasteiger partial charge in [-0.3, -0.25) is 14.5 Å². The second kappa shape index (κ2) is 5.68. The molecule has 0 atom stereocenters. The Kier molecular flexibility index (Phi) is 3.57. The van der Waals surface area contributed by atoms with E-state index in [1.807, 2.05) is 19.3 Å². The number of imidazole rings is 1. The largest absolute Gasteiger partial charge is 0.347 e. The van der Waals surface area contributed by atoms with Crippen LogP contribution in [-0.4, -0.2) is 30.6 Å². The van der Waals surface area contributed by atoms with Gasteiger partial charge in [0.2, 0.25) is 0 Å². The predicted molar refractivity (Wildman–Crippen MR) is 79.0 cm³/mol. The van der Waals surface area contributed by atoms with Gasteiger partial charge < -0.3 is 15.3 Å². The Balaban J connectivity index is 1.71. The topological polar surface area (TPSA) is 108 Å². The Labute approximate surface area is 125 Å². The monoisotopic (exact) mass is 298 g/mol. The Hall–Kier alpha value is -3.16. The molecule has 0 spiro atoms. The standard InChI is InChI=1S/C14H14N6O2/c1-20-8-11(6-18-20)10-2-9(3-15-5-10)4-16-13(21)12-7-17-14(22)19-12/h2-3,5-8H,4H2,1H3,(H,16,21)(H2,17,19,22). The van der Waals surface area contributed by atoms with E-state index in [0.29, 0.717) is 6.54 Å². The van der Waals surface area contributed by atoms with Gasteiger partial charge in [-0.1, -0.05) is 0 Å². The second-order valence-electron chi connectivity index (χ2n) is 4.82. The van der Waals surface area contributed by atoms with Crippen LogP contribution in [0.4, 0.5) is 0 Å². The maximum Gasteiger partial charge on any atom is 0.323 e. The van der Waals surface area contributed by atoms with Crippen LogP contribution in [0.3, 0.4) is 0 Å². The minimum Gasteiger partial charge on any atom is -0.347 e. The average Bonchev–Trinajstić information content (AvgIpc) is 3.14. The maximum atomic E-state index is 11.9. The fraction of sp³-hybridized carbons (Fsp3) is 0.143. The molecular formula is C14H14N6O2. The van der Waals surface area contributed by atoms with Crippen LogP contribution in [0.15, 0.2) is 41.8 Å². The smallest absolute Gasteiger partial charge is 0.323 e. The summed E-state index contributed by atoms with van der Waals surface area (Å²) in [6, 6.07) is 1.93. The van der Waals surface area contributed by atoms with Gasteiger partial charge in [0, 0.05) is 49.5 Å². The molecule has 0 aromatic carbocycles. The Morgan fingerprint density at radius 2 is 2.18 bits per heavy atom. The van der Waals surface area contributed by atoms with Crippen molar-refractivity contribution in [2.24, 2.45) is 7.05 Å². The van der Waals surface area contributed by atoms with Crippen molar-refractivity contribution in [2.45, 2.75) is 6.54 Å². The molecule has 112 valence electrons. The number of H-pyrrole nitrogens is 2. The average molecular weight is 298 g/mol. The zero-order chi connectivity index (χ0) is 15.5. The van der Waals surface area contributed by atoms with Gasteiger partial charge >= 0.3 is 5.69 Å². The third-order valence-corrected chi connectivity index (χ3v) is 3.13. The normalized spacial score (nSPS) is 10.6. The van der Waals surface area contributed by atoms with E-state index in [0.717, 1.165) is 16.7 Å². The molecule has 0 saturated heterocycles. The van der Waals surface area contributed by atoms with Gasteiger partial charge in [0.05, 0.1) is 6.20 Å². The van der Waals surface area contributed by atoms with Crippen LogP contribution in [-0.2, 0) is 13.6 Å². The lowest BCUT2D eigenvalue weighted by atomic mass is 10.1. The van der Waals surface area contributed by atoms with Crippen molar-refractivity contribution in [1.82, 2.24) is 30.0 Å². The fourth-order valence-electron chi connectivity index (χ4n) is 2.04. The lowest BCUT2D eigenvalue weighted by Crippen LogP contribution is -2.23. The van der Waals surface area contributed by atoms with Crippen molar-refractivity contribution in [2.75, 3.05) is 0 Å². The van der Waals surface area contributed by atoms with Crippen molar-refractivity contribution >= 4 is 5.91 Å². The maximum absolute atomic E-state index is 11.9. The molecule has 3 N–H and O–H groups in total. The highest BCUT2D eigenvalue weighted by atomic mass is 16.2. The van der Waals surface area contributed by atoms with E-state index in [1.165, 1.54) is 6.20 Å². The summed E-state index contributed by atoms with van der Waals surface area (Å²) in [4.78, 5) is 31.8. The highest BCUT2D eigenvalue weighted by Crippen LogP contribution is 2.18. The molecule has 0 unspecified atom stereocenters. The van der Waals surface area contributed by atoms with E-state index < -0.39 is 5.69 Å². The minimum atomic E-state index is -0.412. The number of nitrogens with one attached hydrogen (secondary N) is 3. The van der Waals surface area contributed by atoms with Gasteiger partial charge in [-0.05, 0) is 11.6 Å². The van der Waals surface area contributed by atoms with Crippen molar-refractivity contribution in [1.29, 1.82) is 0 Å².